The van der Waals surface area contributed by atoms with Crippen molar-refractivity contribution in [2.24, 2.45) is 16.8 Å². The molecule has 3 fully saturated rings. The Morgan fingerprint density at radius 3 is 2.41 bits per heavy atom. The Bertz CT molecular complexity index is 1360. The number of likely N-dealkylation sites (tertiary alicyclic amines) is 1. The van der Waals surface area contributed by atoms with Crippen LogP contribution < -0.4 is 0 Å². The van der Waals surface area contributed by atoms with Crippen LogP contribution in [0.2, 0.25) is 0 Å². The highest BCUT2D eigenvalue weighted by Crippen LogP contribution is 2.46. The highest BCUT2D eigenvalue weighted by Gasteiger charge is 2.57. The van der Waals surface area contributed by atoms with Gasteiger partial charge in [0.05, 0.1) is 0 Å². The summed E-state index contributed by atoms with van der Waals surface area (Å²) in [6, 6.07) is 12.3. The summed E-state index contributed by atoms with van der Waals surface area (Å²) >= 11 is 0. The zero-order valence-electron chi connectivity index (χ0n) is 19.1. The number of carbonyl (C=O) groups is 2. The van der Waals surface area contributed by atoms with E-state index in [1.54, 1.807) is 0 Å². The Hall–Kier alpha value is -3.55. The fourth-order valence-corrected chi connectivity index (χ4v) is 5.19. The molecule has 0 radical (unpaired) electrons. The lowest BCUT2D eigenvalue weighted by molar-refractivity contribution is -0.139. The van der Waals surface area contributed by atoms with Gasteiger partial charge < -0.3 is 4.90 Å². The lowest BCUT2D eigenvalue weighted by Gasteiger charge is -2.41. The van der Waals surface area contributed by atoms with Gasteiger partial charge in [-0.15, -0.1) is 10.2 Å². The van der Waals surface area contributed by atoms with Crippen LogP contribution in [0.15, 0.2) is 47.6 Å². The molecule has 4 heterocycles. The summed E-state index contributed by atoms with van der Waals surface area (Å²) in [5.41, 5.74) is 3.43. The third kappa shape index (κ3) is 3.08. The third-order valence-electron chi connectivity index (χ3n) is 7.63. The molecule has 8 heteroatoms. The quantitative estimate of drug-likeness (QED) is 0.594. The highest BCUT2D eigenvalue weighted by molar-refractivity contribution is 6.16. The molecule has 0 N–H and O–H groups in total. The predicted molar refractivity (Wildman–Crippen MR) is 126 cm³/mol. The summed E-state index contributed by atoms with van der Waals surface area (Å²) in [7, 11) is 0. The van der Waals surface area contributed by atoms with Crippen molar-refractivity contribution < 1.29 is 9.59 Å². The van der Waals surface area contributed by atoms with Crippen molar-refractivity contribution >= 4 is 23.3 Å². The summed E-state index contributed by atoms with van der Waals surface area (Å²) in [5, 5.41) is 8.28. The number of aliphatic imine (C=N–C) groups is 1. The fraction of sp³-hybridized carbons (Fsp3) is 0.423. The lowest BCUT2D eigenvalue weighted by atomic mass is 9.98. The van der Waals surface area contributed by atoms with Gasteiger partial charge in [-0.3, -0.25) is 23.9 Å². The molecule has 172 valence electrons. The number of benzene rings is 1. The highest BCUT2D eigenvalue weighted by atomic mass is 16.2. The molecule has 7 rings (SSSR count). The van der Waals surface area contributed by atoms with Crippen LogP contribution in [0.1, 0.15) is 37.1 Å². The Morgan fingerprint density at radius 2 is 1.71 bits per heavy atom. The van der Waals surface area contributed by atoms with E-state index in [0.29, 0.717) is 18.4 Å². The largest absolute Gasteiger partial charge is 0.342 e. The van der Waals surface area contributed by atoms with Gasteiger partial charge in [0.15, 0.2) is 5.65 Å². The van der Waals surface area contributed by atoms with Crippen LogP contribution in [0.25, 0.3) is 16.8 Å². The third-order valence-corrected chi connectivity index (χ3v) is 7.63. The number of aromatic nitrogens is 3. The minimum absolute atomic E-state index is 0.132. The molecule has 0 unspecified atom stereocenters. The number of hydrogen-bond donors (Lipinski definition) is 0. The van der Waals surface area contributed by atoms with Crippen LogP contribution in [0.4, 0.5) is 0 Å². The standard InChI is InChI=1S/C26H26N6O2/c1-16-28-29-22-9-8-21(15-31(16)22)18-2-4-19(5-3-18)23-27-26(10-11-26)25(34)32(23)14-17-12-30(13-17)24(33)20-6-7-20/h2-5,8-9,15,17,20H,6-7,10-14H2,1H3. The molecule has 1 aromatic carbocycles. The number of hydrogen-bond acceptors (Lipinski definition) is 5. The van der Waals surface area contributed by atoms with Gasteiger partial charge in [-0.05, 0) is 55.9 Å². The van der Waals surface area contributed by atoms with Crippen LogP contribution in [-0.4, -0.2) is 67.2 Å². The second-order valence-electron chi connectivity index (χ2n) is 10.2. The van der Waals surface area contributed by atoms with E-state index >= 15 is 0 Å². The van der Waals surface area contributed by atoms with E-state index in [9.17, 15) is 9.59 Å². The predicted octanol–water partition coefficient (Wildman–Crippen LogP) is 2.69. The van der Waals surface area contributed by atoms with Gasteiger partial charge in [-0.25, -0.2) is 0 Å². The second kappa shape index (κ2) is 6.98. The number of fused-ring (bicyclic) bond motifs is 1. The Kier molecular flexibility index (Phi) is 4.08. The average Bonchev–Trinajstić information content (AvgIpc) is 3.75. The topological polar surface area (TPSA) is 83.2 Å². The van der Waals surface area contributed by atoms with E-state index < -0.39 is 5.54 Å². The first-order chi connectivity index (χ1) is 16.5. The van der Waals surface area contributed by atoms with E-state index in [1.165, 1.54) is 0 Å². The molecule has 0 bridgehead atoms. The summed E-state index contributed by atoms with van der Waals surface area (Å²) in [5.74, 6) is 2.65. The molecule has 8 nitrogen and oxygen atoms in total. The van der Waals surface area contributed by atoms with Crippen LogP contribution in [0.3, 0.4) is 0 Å². The van der Waals surface area contributed by atoms with E-state index in [1.807, 2.05) is 39.5 Å². The second-order valence-corrected chi connectivity index (χ2v) is 10.2. The van der Waals surface area contributed by atoms with E-state index in [0.717, 1.165) is 72.8 Å². The summed E-state index contributed by atoms with van der Waals surface area (Å²) in [6.07, 6.45) is 5.78. The maximum Gasteiger partial charge on any atom is 0.256 e. The molecule has 1 saturated heterocycles. The molecule has 2 aliphatic carbocycles. The average molecular weight is 455 g/mol. The summed E-state index contributed by atoms with van der Waals surface area (Å²) in [6.45, 7) is 4.08. The number of aryl methyl sites for hydroxylation is 1. The first-order valence-corrected chi connectivity index (χ1v) is 12.1. The van der Waals surface area contributed by atoms with Crippen LogP contribution in [0.5, 0.6) is 0 Å². The van der Waals surface area contributed by atoms with Gasteiger partial charge in [0.25, 0.3) is 5.91 Å². The zero-order valence-corrected chi connectivity index (χ0v) is 19.1. The molecule has 4 aliphatic rings. The maximum atomic E-state index is 13.2. The molecular weight excluding hydrogens is 428 g/mol. The molecule has 2 saturated carbocycles. The normalized spacial score (nSPS) is 21.3. The molecule has 1 spiro atoms. The van der Waals surface area contributed by atoms with Gasteiger partial charge in [0, 0.05) is 43.2 Å². The first-order valence-electron chi connectivity index (χ1n) is 12.1. The number of amidine groups is 1. The van der Waals surface area contributed by atoms with Crippen molar-refractivity contribution in [1.82, 2.24) is 24.4 Å². The molecule has 34 heavy (non-hydrogen) atoms. The summed E-state index contributed by atoms with van der Waals surface area (Å²) in [4.78, 5) is 34.2. The zero-order chi connectivity index (χ0) is 23.0. The van der Waals surface area contributed by atoms with Crippen molar-refractivity contribution in [3.8, 4) is 11.1 Å². The molecule has 2 amide bonds. The molecular formula is C26H26N6O2. The number of rotatable bonds is 5. The molecule has 2 aromatic heterocycles. The van der Waals surface area contributed by atoms with Gasteiger partial charge >= 0.3 is 0 Å². The Balaban J connectivity index is 1.11. The van der Waals surface area contributed by atoms with Crippen LogP contribution >= 0.6 is 0 Å². The van der Waals surface area contributed by atoms with Crippen LogP contribution in [-0.2, 0) is 9.59 Å². The van der Waals surface area contributed by atoms with Crippen molar-refractivity contribution in [3.05, 3.63) is 54.0 Å². The fourth-order valence-electron chi connectivity index (χ4n) is 5.19. The number of pyridine rings is 1. The smallest absolute Gasteiger partial charge is 0.256 e. The SMILES string of the molecule is Cc1nnc2ccc(-c3ccc(C4=NC5(CC5)C(=O)N4CC4CN(C(=O)C5CC5)C4)cc3)cn12. The number of amides is 2. The van der Waals surface area contributed by atoms with E-state index in [-0.39, 0.29) is 11.8 Å². The Morgan fingerprint density at radius 1 is 1.00 bits per heavy atom. The van der Waals surface area contributed by atoms with Gasteiger partial charge in [0.1, 0.15) is 17.2 Å². The molecule has 3 aromatic rings. The van der Waals surface area contributed by atoms with Gasteiger partial charge in [0.2, 0.25) is 5.91 Å². The number of carbonyl (C=O) groups excluding carboxylic acids is 2. The molecule has 0 atom stereocenters. The Labute approximate surface area is 197 Å². The summed E-state index contributed by atoms with van der Waals surface area (Å²) < 4.78 is 1.98. The van der Waals surface area contributed by atoms with Gasteiger partial charge in [-0.1, -0.05) is 24.3 Å². The van der Waals surface area contributed by atoms with Crippen LogP contribution in [0, 0.1) is 18.8 Å². The number of nitrogens with zero attached hydrogens (tertiary/aromatic N) is 6. The minimum Gasteiger partial charge on any atom is -0.342 e. The lowest BCUT2D eigenvalue weighted by Crippen LogP contribution is -2.55. The van der Waals surface area contributed by atoms with Crippen molar-refractivity contribution in [1.29, 1.82) is 0 Å². The maximum absolute atomic E-state index is 13.2. The van der Waals surface area contributed by atoms with Crippen molar-refractivity contribution in [2.75, 3.05) is 19.6 Å². The van der Waals surface area contributed by atoms with Gasteiger partial charge in [-0.2, -0.15) is 0 Å². The van der Waals surface area contributed by atoms with E-state index in [4.69, 9.17) is 4.99 Å². The monoisotopic (exact) mass is 454 g/mol. The van der Waals surface area contributed by atoms with Crippen molar-refractivity contribution in [2.45, 2.75) is 38.1 Å². The minimum atomic E-state index is -0.530. The molecule has 2 aliphatic heterocycles. The van der Waals surface area contributed by atoms with E-state index in [2.05, 4.69) is 34.5 Å². The first kappa shape index (κ1) is 19.9. The van der Waals surface area contributed by atoms with Crippen molar-refractivity contribution in [3.63, 3.8) is 0 Å².